The van der Waals surface area contributed by atoms with Crippen molar-refractivity contribution in [2.75, 3.05) is 0 Å². The van der Waals surface area contributed by atoms with Gasteiger partial charge in [0.2, 0.25) is 0 Å². The van der Waals surface area contributed by atoms with Crippen molar-refractivity contribution in [1.82, 2.24) is 0 Å². The Morgan fingerprint density at radius 1 is 1.30 bits per heavy atom. The van der Waals surface area contributed by atoms with E-state index in [4.69, 9.17) is 0 Å². The standard InChI is InChI=1S/C6H9F3S/c1-5(2,4-10)3-6(7,8)9/h10H,3H2,1-2H3. The van der Waals surface area contributed by atoms with Gasteiger partial charge in [-0.1, -0.05) is 5.18 Å². The lowest BCUT2D eigenvalue weighted by Crippen LogP contribution is -2.20. The van der Waals surface area contributed by atoms with Crippen LogP contribution in [0.1, 0.15) is 20.3 Å². The largest absolute Gasteiger partial charge is 0.390 e. The highest BCUT2D eigenvalue weighted by atomic mass is 32.1. The summed E-state index contributed by atoms with van der Waals surface area (Å²) in [6.45, 7) is 2.88. The van der Waals surface area contributed by atoms with Crippen LogP contribution >= 0.6 is 12.0 Å². The Hall–Kier alpha value is -0.210. The average Bonchev–Trinajstić information content (AvgIpc) is 1.60. The average molecular weight is 170 g/mol. The van der Waals surface area contributed by atoms with Gasteiger partial charge in [0, 0.05) is 5.41 Å². The van der Waals surface area contributed by atoms with Gasteiger partial charge in [-0.2, -0.15) is 25.2 Å². The van der Waals surface area contributed by atoms with Crippen molar-refractivity contribution >= 4 is 12.0 Å². The van der Waals surface area contributed by atoms with Gasteiger partial charge in [-0.15, -0.1) is 0 Å². The zero-order chi connectivity index (χ0) is 8.41. The fraction of sp³-hybridized carbons (Fsp3) is 0.833. The molecule has 10 heavy (non-hydrogen) atoms. The predicted molar refractivity (Wildman–Crippen MR) is 37.3 cm³/mol. The molecule has 0 rings (SSSR count). The minimum Gasteiger partial charge on any atom is -0.171 e. The first-order valence-corrected chi connectivity index (χ1v) is 3.19. The normalized spacial score (nSPS) is 12.9. The molecule has 0 amide bonds. The van der Waals surface area contributed by atoms with Gasteiger partial charge in [0.15, 0.2) is 0 Å². The number of rotatable bonds is 1. The maximum Gasteiger partial charge on any atom is 0.390 e. The van der Waals surface area contributed by atoms with E-state index in [1.165, 1.54) is 13.8 Å². The van der Waals surface area contributed by atoms with Crippen LogP contribution in [-0.4, -0.2) is 6.18 Å². The number of hydrogen-bond donors (Lipinski definition) is 1. The molecule has 0 aliphatic rings. The monoisotopic (exact) mass is 170 g/mol. The lowest BCUT2D eigenvalue weighted by Gasteiger charge is -2.18. The zero-order valence-corrected chi connectivity index (χ0v) is 6.68. The molecule has 0 aliphatic carbocycles. The van der Waals surface area contributed by atoms with Crippen molar-refractivity contribution in [2.24, 2.45) is 5.41 Å². The fourth-order valence-corrected chi connectivity index (χ4v) is 0.620. The molecule has 0 aromatic carbocycles. The van der Waals surface area contributed by atoms with Gasteiger partial charge in [-0.05, 0) is 13.8 Å². The zero-order valence-electron chi connectivity index (χ0n) is 5.79. The molecule has 0 heterocycles. The lowest BCUT2D eigenvalue weighted by molar-refractivity contribution is -0.148. The third-order valence-corrected chi connectivity index (χ3v) is 1.55. The Balaban J connectivity index is 4.05. The molecule has 60 valence electrons. The first-order valence-electron chi connectivity index (χ1n) is 2.75. The van der Waals surface area contributed by atoms with Crippen LogP contribution in [-0.2, 0) is 0 Å². The van der Waals surface area contributed by atoms with Gasteiger partial charge >= 0.3 is 6.18 Å². The molecule has 0 unspecified atom stereocenters. The minimum absolute atomic E-state index is 0.872. The van der Waals surface area contributed by atoms with Crippen molar-refractivity contribution in [1.29, 1.82) is 0 Å². The number of halogens is 3. The van der Waals surface area contributed by atoms with Crippen molar-refractivity contribution in [3.8, 4) is 5.18 Å². The van der Waals surface area contributed by atoms with E-state index in [9.17, 15) is 13.2 Å². The molecule has 0 aliphatic heterocycles. The smallest absolute Gasteiger partial charge is 0.171 e. The molecule has 0 aromatic rings. The van der Waals surface area contributed by atoms with Crippen LogP contribution in [0.2, 0.25) is 0 Å². The molecule has 0 radical (unpaired) electrons. The van der Waals surface area contributed by atoms with Crippen molar-refractivity contribution < 1.29 is 13.2 Å². The van der Waals surface area contributed by atoms with Gasteiger partial charge in [0.25, 0.3) is 0 Å². The Labute approximate surface area is 63.1 Å². The molecule has 0 bridgehead atoms. The summed E-state index contributed by atoms with van der Waals surface area (Å²) < 4.78 is 35.0. The topological polar surface area (TPSA) is 0 Å². The van der Waals surface area contributed by atoms with Crippen LogP contribution in [0.25, 0.3) is 0 Å². The summed E-state index contributed by atoms with van der Waals surface area (Å²) in [6, 6.07) is 0. The quantitative estimate of drug-likeness (QED) is 0.575. The van der Waals surface area contributed by atoms with Gasteiger partial charge in [0.1, 0.15) is 0 Å². The maximum absolute atomic E-state index is 11.7. The minimum atomic E-state index is -4.13. The van der Waals surface area contributed by atoms with Crippen molar-refractivity contribution in [3.05, 3.63) is 0 Å². The summed E-state index contributed by atoms with van der Waals surface area (Å²) in [5.41, 5.74) is -0.985. The number of thiol groups is 1. The van der Waals surface area contributed by atoms with E-state index in [1.807, 2.05) is 0 Å². The van der Waals surface area contributed by atoms with E-state index in [0.717, 1.165) is 0 Å². The number of alkyl halides is 3. The van der Waals surface area contributed by atoms with E-state index >= 15 is 0 Å². The van der Waals surface area contributed by atoms with E-state index in [0.29, 0.717) is 0 Å². The second-order valence-electron chi connectivity index (χ2n) is 2.79. The molecule has 0 nitrogen and oxygen atoms in total. The third kappa shape index (κ3) is 4.65. The predicted octanol–water partition coefficient (Wildman–Crippen LogP) is 2.85. The first kappa shape index (κ1) is 9.79. The molecule has 0 fully saturated rings. The molecule has 0 spiro atoms. The van der Waals surface area contributed by atoms with Gasteiger partial charge < -0.3 is 0 Å². The molecule has 0 saturated heterocycles. The SMILES string of the molecule is CC(C)(C#[SH])CC(F)(F)F. The highest BCUT2D eigenvalue weighted by molar-refractivity contribution is 7.68. The summed E-state index contributed by atoms with van der Waals surface area (Å²) in [6.07, 6.45) is -5.00. The van der Waals surface area contributed by atoms with Crippen LogP contribution in [0.5, 0.6) is 0 Å². The second-order valence-corrected chi connectivity index (χ2v) is 3.01. The summed E-state index contributed by atoms with van der Waals surface area (Å²) in [5.74, 6) is 0. The van der Waals surface area contributed by atoms with E-state index in [2.05, 4.69) is 17.2 Å². The van der Waals surface area contributed by atoms with Crippen LogP contribution in [0, 0.1) is 10.6 Å². The third-order valence-electron chi connectivity index (χ3n) is 0.945. The second kappa shape index (κ2) is 2.81. The van der Waals surface area contributed by atoms with Crippen LogP contribution in [0.4, 0.5) is 13.2 Å². The van der Waals surface area contributed by atoms with Gasteiger partial charge in [-0.25, -0.2) is 0 Å². The van der Waals surface area contributed by atoms with Gasteiger partial charge in [-0.3, -0.25) is 0 Å². The molecular formula is C6H9F3S. The molecule has 0 atom stereocenters. The Morgan fingerprint density at radius 2 is 1.70 bits per heavy atom. The highest BCUT2D eigenvalue weighted by Gasteiger charge is 2.35. The fourth-order valence-electron chi connectivity index (χ4n) is 0.541. The first-order chi connectivity index (χ1) is 4.27. The van der Waals surface area contributed by atoms with Crippen molar-refractivity contribution in [2.45, 2.75) is 26.4 Å². The van der Waals surface area contributed by atoms with E-state index in [-0.39, 0.29) is 0 Å². The summed E-state index contributed by atoms with van der Waals surface area (Å²) >= 11 is 3.56. The highest BCUT2D eigenvalue weighted by Crippen LogP contribution is 2.32. The van der Waals surface area contributed by atoms with E-state index in [1.54, 1.807) is 0 Å². The van der Waals surface area contributed by atoms with Gasteiger partial charge in [0.05, 0.1) is 6.42 Å². The van der Waals surface area contributed by atoms with Crippen LogP contribution in [0.15, 0.2) is 0 Å². The number of hydrogen-bond acceptors (Lipinski definition) is 0. The summed E-state index contributed by atoms with van der Waals surface area (Å²) in [7, 11) is 0. The van der Waals surface area contributed by atoms with Crippen LogP contribution in [0.3, 0.4) is 0 Å². The Morgan fingerprint density at radius 3 is 1.80 bits per heavy atom. The van der Waals surface area contributed by atoms with Crippen LogP contribution < -0.4 is 0 Å². The molecule has 0 N–H and O–H groups in total. The van der Waals surface area contributed by atoms with E-state index < -0.39 is 18.0 Å². The Kier molecular flexibility index (Phi) is 2.75. The Bertz CT molecular complexity index is 151. The molecule has 0 aromatic heterocycles. The molecular weight excluding hydrogens is 161 g/mol. The molecule has 4 heteroatoms. The van der Waals surface area contributed by atoms with Crippen molar-refractivity contribution in [3.63, 3.8) is 0 Å². The maximum atomic E-state index is 11.7. The summed E-state index contributed by atoms with van der Waals surface area (Å²) in [4.78, 5) is 0. The lowest BCUT2D eigenvalue weighted by atomic mass is 9.92. The summed E-state index contributed by atoms with van der Waals surface area (Å²) in [5, 5.41) is 2.27. The molecule has 0 saturated carbocycles.